The minimum Gasteiger partial charge on any atom is -0.481 e. The number of rotatable bonds is 9. The number of urea groups is 1. The number of hydrogen-bond donors (Lipinski definition) is 3. The van der Waals surface area contributed by atoms with Gasteiger partial charge in [-0.25, -0.2) is 34.8 Å². The Morgan fingerprint density at radius 1 is 1.10 bits per heavy atom. The van der Waals surface area contributed by atoms with Crippen LogP contribution in [0.3, 0.4) is 0 Å². The minimum absolute atomic E-state index is 0.0863. The summed E-state index contributed by atoms with van der Waals surface area (Å²) in [7, 11) is 1.09. The van der Waals surface area contributed by atoms with Crippen LogP contribution in [-0.4, -0.2) is 101 Å². The first-order valence-corrected chi connectivity index (χ1v) is 12.5. The van der Waals surface area contributed by atoms with E-state index < -0.39 is 66.8 Å². The van der Waals surface area contributed by atoms with Crippen molar-refractivity contribution < 1.29 is 48.1 Å². The van der Waals surface area contributed by atoms with Crippen LogP contribution in [-0.2, 0) is 28.7 Å². The lowest BCUT2D eigenvalue weighted by Gasteiger charge is -2.42. The third-order valence-corrected chi connectivity index (χ3v) is 6.50. The molecule has 2 heterocycles. The van der Waals surface area contributed by atoms with E-state index in [0.717, 1.165) is 22.1 Å². The van der Waals surface area contributed by atoms with Crippen molar-refractivity contribution in [1.29, 1.82) is 0 Å². The van der Waals surface area contributed by atoms with Gasteiger partial charge in [0, 0.05) is 13.0 Å². The number of amides is 5. The highest BCUT2D eigenvalue weighted by Crippen LogP contribution is 2.24. The number of nitrogens with zero attached hydrogens (tertiary/aromatic N) is 3. The maximum Gasteiger partial charge on any atom is 0.425 e. The van der Waals surface area contributed by atoms with Crippen LogP contribution < -0.4 is 10.7 Å². The number of hydrogen-bond acceptors (Lipinski definition) is 9. The van der Waals surface area contributed by atoms with Gasteiger partial charge in [0.25, 0.3) is 0 Å². The Kier molecular flexibility index (Phi) is 9.63. The summed E-state index contributed by atoms with van der Waals surface area (Å²) in [6.45, 7) is 2.54. The number of carbonyl (C=O) groups is 7. The molecule has 0 bridgehead atoms. The second kappa shape index (κ2) is 12.9. The van der Waals surface area contributed by atoms with E-state index in [-0.39, 0.29) is 31.5 Å². The van der Waals surface area contributed by atoms with E-state index in [1.54, 1.807) is 32.0 Å². The Labute approximate surface area is 229 Å². The summed E-state index contributed by atoms with van der Waals surface area (Å²) in [5.41, 5.74) is 3.72. The van der Waals surface area contributed by atoms with E-state index in [1.165, 1.54) is 0 Å². The third kappa shape index (κ3) is 6.84. The van der Waals surface area contributed by atoms with Crippen molar-refractivity contribution in [2.75, 3.05) is 26.8 Å². The molecule has 1 aromatic carbocycles. The van der Waals surface area contributed by atoms with E-state index in [2.05, 4.69) is 15.5 Å². The van der Waals surface area contributed by atoms with Gasteiger partial charge >= 0.3 is 24.1 Å². The molecule has 2 saturated heterocycles. The molecule has 2 fully saturated rings. The zero-order valence-electron chi connectivity index (χ0n) is 22.3. The summed E-state index contributed by atoms with van der Waals surface area (Å²) >= 11 is 0. The van der Waals surface area contributed by atoms with Gasteiger partial charge in [-0.05, 0) is 37.8 Å². The zero-order chi connectivity index (χ0) is 29.6. The van der Waals surface area contributed by atoms with E-state index in [0.29, 0.717) is 17.5 Å². The molecule has 3 rings (SSSR count). The van der Waals surface area contributed by atoms with Crippen LogP contribution >= 0.6 is 0 Å². The number of Topliss-reactive ketones (excluding diaryl/α,β-unsaturated/α-hetero) is 1. The second-order valence-electron chi connectivity index (χ2n) is 9.28. The van der Waals surface area contributed by atoms with Crippen molar-refractivity contribution in [2.24, 2.45) is 0 Å². The van der Waals surface area contributed by atoms with Gasteiger partial charge < -0.3 is 19.9 Å². The molecule has 0 radical (unpaired) electrons. The fraction of sp³-hybridized carbons (Fsp3) is 0.480. The Hall–Kier alpha value is -4.69. The SMILES string of the molecule is COC(=O)NN1CCC(=O)N2CCCC(C(=O)NC(CC(=O)O)C(=O)COC(=O)c3c(C)cccc3C)N2C1=O. The summed E-state index contributed by atoms with van der Waals surface area (Å²) in [5.74, 6) is -4.43. The average Bonchev–Trinajstić information content (AvgIpc) is 3.02. The van der Waals surface area contributed by atoms with Crippen LogP contribution in [0.1, 0.15) is 47.2 Å². The van der Waals surface area contributed by atoms with Crippen LogP contribution in [0.4, 0.5) is 9.59 Å². The predicted octanol–water partition coefficient (Wildman–Crippen LogP) is 0.294. The second-order valence-corrected chi connectivity index (χ2v) is 9.28. The fourth-order valence-corrected chi connectivity index (χ4v) is 4.51. The Morgan fingerprint density at radius 2 is 1.77 bits per heavy atom. The van der Waals surface area contributed by atoms with Crippen LogP contribution in [0.25, 0.3) is 0 Å². The zero-order valence-corrected chi connectivity index (χ0v) is 22.3. The predicted molar refractivity (Wildman–Crippen MR) is 134 cm³/mol. The lowest BCUT2D eigenvalue weighted by molar-refractivity contribution is -0.155. The lowest BCUT2D eigenvalue weighted by Crippen LogP contribution is -2.65. The van der Waals surface area contributed by atoms with Gasteiger partial charge in [0.1, 0.15) is 12.1 Å². The number of carboxylic acid groups (broad SMARTS) is 1. The van der Waals surface area contributed by atoms with Crippen molar-refractivity contribution in [2.45, 2.75) is 51.6 Å². The quantitative estimate of drug-likeness (QED) is 0.353. The molecule has 5 amide bonds. The topological polar surface area (TPSA) is 192 Å². The summed E-state index contributed by atoms with van der Waals surface area (Å²) in [5, 5.41) is 14.5. The molecule has 0 aliphatic carbocycles. The number of ether oxygens (including phenoxy) is 2. The molecule has 0 spiro atoms. The number of ketones is 1. The molecule has 2 atom stereocenters. The van der Waals surface area contributed by atoms with Crippen molar-refractivity contribution in [3.8, 4) is 0 Å². The molecule has 2 aliphatic rings. The van der Waals surface area contributed by atoms with Crippen molar-refractivity contribution in [1.82, 2.24) is 25.8 Å². The summed E-state index contributed by atoms with van der Waals surface area (Å²) in [6, 6.07) is 1.37. The van der Waals surface area contributed by atoms with Crippen LogP contribution in [0, 0.1) is 13.8 Å². The number of carboxylic acids is 1. The molecule has 3 N–H and O–H groups in total. The van der Waals surface area contributed by atoms with E-state index >= 15 is 0 Å². The summed E-state index contributed by atoms with van der Waals surface area (Å²) in [4.78, 5) is 87.9. The summed E-state index contributed by atoms with van der Waals surface area (Å²) in [6.07, 6.45) is -1.50. The first-order chi connectivity index (χ1) is 18.9. The molecule has 40 heavy (non-hydrogen) atoms. The summed E-state index contributed by atoms with van der Waals surface area (Å²) < 4.78 is 9.63. The highest BCUT2D eigenvalue weighted by atomic mass is 16.5. The largest absolute Gasteiger partial charge is 0.481 e. The van der Waals surface area contributed by atoms with Gasteiger partial charge in [0.15, 0.2) is 12.4 Å². The standard InChI is InChI=1S/C25H31N5O10/c1-14-6-4-7-15(2)21(14)23(36)40-13-18(31)16(12-20(33)34)26-22(35)17-8-5-10-29-19(32)9-11-28(25(38)30(17)29)27-24(37)39-3/h4,6-7,16-17H,5,8-13H2,1-3H3,(H,26,35)(H,27,37)(H,33,34). The number of hydrazine groups is 2. The van der Waals surface area contributed by atoms with Gasteiger partial charge in [-0.3, -0.25) is 19.2 Å². The van der Waals surface area contributed by atoms with E-state index in [1.807, 2.05) is 0 Å². The Balaban J connectivity index is 1.76. The average molecular weight is 562 g/mol. The molecular formula is C25H31N5O10. The van der Waals surface area contributed by atoms with Gasteiger partial charge in [0.05, 0.1) is 25.6 Å². The van der Waals surface area contributed by atoms with Gasteiger partial charge in [-0.1, -0.05) is 18.2 Å². The normalized spacial score (nSPS) is 17.8. The molecule has 216 valence electrons. The maximum atomic E-state index is 13.3. The molecule has 2 aliphatic heterocycles. The minimum atomic E-state index is -1.59. The van der Waals surface area contributed by atoms with Gasteiger partial charge in [-0.2, -0.15) is 0 Å². The van der Waals surface area contributed by atoms with Crippen LogP contribution in [0.15, 0.2) is 18.2 Å². The highest BCUT2D eigenvalue weighted by molar-refractivity contribution is 5.98. The maximum absolute atomic E-state index is 13.3. The number of fused-ring (bicyclic) bond motifs is 1. The van der Waals surface area contributed by atoms with Crippen molar-refractivity contribution in [3.05, 3.63) is 34.9 Å². The monoisotopic (exact) mass is 561 g/mol. The number of methoxy groups -OCH3 is 1. The highest BCUT2D eigenvalue weighted by Gasteiger charge is 2.44. The molecular weight excluding hydrogens is 530 g/mol. The fourth-order valence-electron chi connectivity index (χ4n) is 4.51. The first-order valence-electron chi connectivity index (χ1n) is 12.5. The lowest BCUT2D eigenvalue weighted by atomic mass is 10.0. The van der Waals surface area contributed by atoms with Gasteiger partial charge in [0.2, 0.25) is 11.8 Å². The van der Waals surface area contributed by atoms with Crippen LogP contribution in [0.5, 0.6) is 0 Å². The molecule has 1 aromatic rings. The molecule has 15 heteroatoms. The third-order valence-electron chi connectivity index (χ3n) is 6.50. The first kappa shape index (κ1) is 29.9. The smallest absolute Gasteiger partial charge is 0.425 e. The Bertz CT molecular complexity index is 1200. The Morgan fingerprint density at radius 3 is 2.40 bits per heavy atom. The molecule has 2 unspecified atom stereocenters. The van der Waals surface area contributed by atoms with E-state index in [4.69, 9.17) is 4.74 Å². The molecule has 0 saturated carbocycles. The molecule has 0 aromatic heterocycles. The molecule has 15 nitrogen and oxygen atoms in total. The number of aliphatic carboxylic acids is 1. The van der Waals surface area contributed by atoms with Crippen LogP contribution in [0.2, 0.25) is 0 Å². The van der Waals surface area contributed by atoms with E-state index in [9.17, 15) is 38.7 Å². The number of nitrogens with one attached hydrogen (secondary N) is 2. The van der Waals surface area contributed by atoms with Crippen molar-refractivity contribution in [3.63, 3.8) is 0 Å². The number of carbonyl (C=O) groups excluding carboxylic acids is 6. The number of benzene rings is 1. The van der Waals surface area contributed by atoms with Crippen molar-refractivity contribution >= 4 is 41.7 Å². The number of esters is 1. The number of aryl methyl sites for hydroxylation is 2. The van der Waals surface area contributed by atoms with Gasteiger partial charge in [-0.15, -0.1) is 0 Å².